The van der Waals surface area contributed by atoms with Crippen molar-refractivity contribution in [3.63, 3.8) is 0 Å². The van der Waals surface area contributed by atoms with E-state index in [1.807, 2.05) is 0 Å². The van der Waals surface area contributed by atoms with Crippen molar-refractivity contribution >= 4 is 42.0 Å². The predicted molar refractivity (Wildman–Crippen MR) is 216 cm³/mol. The standard InChI is InChI=1S/C42H59N3O12/c1-40(2,3)55-37(48)43-21-20-30(31(46)16-12-28-14-18-33(35(26-28)51-10)53-24-22-44-38(49)56-41(4,5)6)32(47)17-13-29-15-19-34(36(27-29)52-11)54-25-23-45-39(50)57-42(7,8)9/h12-19,26-27,30H,20-25H2,1-11H3,(H,43,48)(H,44,49)(H,45,50)/b16-12+,17-13+. The average molecular weight is 798 g/mol. The first-order valence-electron chi connectivity index (χ1n) is 18.5. The van der Waals surface area contributed by atoms with Crippen LogP contribution in [0.2, 0.25) is 0 Å². The summed E-state index contributed by atoms with van der Waals surface area (Å²) in [5, 5.41) is 7.85. The van der Waals surface area contributed by atoms with Gasteiger partial charge in [-0.3, -0.25) is 9.59 Å². The Labute approximate surface area is 335 Å². The van der Waals surface area contributed by atoms with Gasteiger partial charge < -0.3 is 49.1 Å². The van der Waals surface area contributed by atoms with E-state index in [0.717, 1.165) is 0 Å². The molecule has 0 aromatic heterocycles. The zero-order valence-electron chi connectivity index (χ0n) is 35.0. The quantitative estimate of drug-likeness (QED) is 0.0579. The third-order valence-electron chi connectivity index (χ3n) is 7.10. The van der Waals surface area contributed by atoms with Crippen LogP contribution in [0.15, 0.2) is 48.6 Å². The minimum atomic E-state index is -1.13. The van der Waals surface area contributed by atoms with Crippen molar-refractivity contribution in [3.05, 3.63) is 59.7 Å². The molecule has 0 fully saturated rings. The van der Waals surface area contributed by atoms with Gasteiger partial charge in [-0.2, -0.15) is 0 Å². The monoisotopic (exact) mass is 797 g/mol. The normalized spacial score (nSPS) is 11.9. The van der Waals surface area contributed by atoms with Crippen molar-refractivity contribution in [2.24, 2.45) is 5.92 Å². The molecule has 0 unspecified atom stereocenters. The van der Waals surface area contributed by atoms with Crippen LogP contribution < -0.4 is 34.9 Å². The molecule has 2 aromatic carbocycles. The Balaban J connectivity index is 2.15. The first kappa shape index (κ1) is 47.4. The lowest BCUT2D eigenvalue weighted by Gasteiger charge is -2.20. The lowest BCUT2D eigenvalue weighted by atomic mass is 9.93. The molecule has 314 valence electrons. The Bertz CT molecular complexity index is 1620. The fourth-order valence-corrected chi connectivity index (χ4v) is 4.72. The van der Waals surface area contributed by atoms with Gasteiger partial charge in [-0.25, -0.2) is 14.4 Å². The van der Waals surface area contributed by atoms with Crippen LogP contribution in [0.3, 0.4) is 0 Å². The third-order valence-corrected chi connectivity index (χ3v) is 7.10. The molecule has 3 N–H and O–H groups in total. The molecule has 0 saturated heterocycles. The van der Waals surface area contributed by atoms with E-state index in [9.17, 15) is 24.0 Å². The Hall–Kier alpha value is -5.73. The van der Waals surface area contributed by atoms with E-state index in [-0.39, 0.29) is 39.3 Å². The van der Waals surface area contributed by atoms with Gasteiger partial charge in [0.15, 0.2) is 34.6 Å². The molecular weight excluding hydrogens is 738 g/mol. The summed E-state index contributed by atoms with van der Waals surface area (Å²) in [6, 6.07) is 10.1. The summed E-state index contributed by atoms with van der Waals surface area (Å²) in [5.74, 6) is -0.466. The zero-order valence-corrected chi connectivity index (χ0v) is 35.0. The number of allylic oxidation sites excluding steroid dienone is 2. The molecule has 0 aliphatic carbocycles. The summed E-state index contributed by atoms with van der Waals surface area (Å²) >= 11 is 0. The molecule has 0 saturated carbocycles. The zero-order chi connectivity index (χ0) is 42.8. The third kappa shape index (κ3) is 19.6. The summed E-state index contributed by atoms with van der Waals surface area (Å²) in [6.07, 6.45) is 3.93. The molecule has 0 radical (unpaired) electrons. The molecule has 15 heteroatoms. The molecule has 0 aliphatic heterocycles. The van der Waals surface area contributed by atoms with Crippen molar-refractivity contribution in [1.29, 1.82) is 0 Å². The smallest absolute Gasteiger partial charge is 0.407 e. The molecule has 0 bridgehead atoms. The highest BCUT2D eigenvalue weighted by Crippen LogP contribution is 2.30. The average Bonchev–Trinajstić information content (AvgIpc) is 3.09. The van der Waals surface area contributed by atoms with E-state index in [1.54, 1.807) is 111 Å². The maximum absolute atomic E-state index is 13.5. The fraction of sp³-hybridized carbons (Fsp3) is 0.500. The van der Waals surface area contributed by atoms with Crippen molar-refractivity contribution in [2.45, 2.75) is 85.5 Å². The van der Waals surface area contributed by atoms with Gasteiger partial charge in [-0.1, -0.05) is 24.3 Å². The molecule has 0 spiro atoms. The number of hydrogen-bond donors (Lipinski definition) is 3. The number of hydrogen-bond acceptors (Lipinski definition) is 12. The minimum Gasteiger partial charge on any atom is -0.493 e. The second-order valence-electron chi connectivity index (χ2n) is 15.6. The minimum absolute atomic E-state index is 0.00399. The summed E-state index contributed by atoms with van der Waals surface area (Å²) in [7, 11) is 2.95. The molecule has 0 atom stereocenters. The summed E-state index contributed by atoms with van der Waals surface area (Å²) in [6.45, 7) is 16.5. The largest absolute Gasteiger partial charge is 0.493 e. The molecule has 0 aliphatic rings. The topological polar surface area (TPSA) is 186 Å². The highest BCUT2D eigenvalue weighted by Gasteiger charge is 2.24. The van der Waals surface area contributed by atoms with Gasteiger partial charge in [-0.05, 0) is 116 Å². The van der Waals surface area contributed by atoms with Crippen molar-refractivity contribution in [2.75, 3.05) is 47.1 Å². The number of ether oxygens (including phenoxy) is 7. The molecule has 0 heterocycles. The number of benzene rings is 2. The van der Waals surface area contributed by atoms with E-state index < -0.39 is 52.6 Å². The number of ketones is 2. The molecule has 3 amide bonds. The van der Waals surface area contributed by atoms with E-state index in [2.05, 4.69) is 16.0 Å². The summed E-state index contributed by atoms with van der Waals surface area (Å²) in [4.78, 5) is 63.1. The van der Waals surface area contributed by atoms with Crippen LogP contribution in [0.5, 0.6) is 23.0 Å². The first-order valence-corrected chi connectivity index (χ1v) is 18.5. The van der Waals surface area contributed by atoms with Gasteiger partial charge >= 0.3 is 18.3 Å². The maximum atomic E-state index is 13.5. The second-order valence-corrected chi connectivity index (χ2v) is 15.6. The number of amides is 3. The molecular formula is C42H59N3O12. The molecule has 2 rings (SSSR count). The summed E-state index contributed by atoms with van der Waals surface area (Å²) in [5.41, 5.74) is -0.764. The number of rotatable bonds is 19. The van der Waals surface area contributed by atoms with Gasteiger partial charge in [0.2, 0.25) is 0 Å². The van der Waals surface area contributed by atoms with Gasteiger partial charge in [0.1, 0.15) is 30.0 Å². The number of nitrogens with one attached hydrogen (secondary N) is 3. The number of alkyl carbamates (subject to hydrolysis) is 3. The lowest BCUT2D eigenvalue weighted by Crippen LogP contribution is -2.35. The van der Waals surface area contributed by atoms with Gasteiger partial charge in [0, 0.05) is 6.54 Å². The van der Waals surface area contributed by atoms with Crippen molar-refractivity contribution in [3.8, 4) is 23.0 Å². The Morgan fingerprint density at radius 2 is 0.895 bits per heavy atom. The second kappa shape index (κ2) is 22.1. The van der Waals surface area contributed by atoms with Gasteiger partial charge in [0.05, 0.1) is 33.2 Å². The Morgan fingerprint density at radius 3 is 1.23 bits per heavy atom. The summed E-state index contributed by atoms with van der Waals surface area (Å²) < 4.78 is 38.2. The Morgan fingerprint density at radius 1 is 0.544 bits per heavy atom. The van der Waals surface area contributed by atoms with Crippen LogP contribution >= 0.6 is 0 Å². The SMILES string of the molecule is COc1cc(/C=C/C(=O)C(CCNC(=O)OC(C)(C)C)C(=O)/C=C/c2ccc(OCCNC(=O)OC(C)(C)C)c(OC)c2)ccc1OCCNC(=O)OC(C)(C)C. The van der Waals surface area contributed by atoms with Crippen LogP contribution in [-0.4, -0.2) is 93.7 Å². The van der Waals surface area contributed by atoms with Gasteiger partial charge in [-0.15, -0.1) is 0 Å². The number of carbonyl (C=O) groups excluding carboxylic acids is 5. The van der Waals surface area contributed by atoms with E-state index in [0.29, 0.717) is 34.1 Å². The fourth-order valence-electron chi connectivity index (χ4n) is 4.72. The van der Waals surface area contributed by atoms with Crippen LogP contribution in [0.25, 0.3) is 12.2 Å². The van der Waals surface area contributed by atoms with Crippen molar-refractivity contribution < 1.29 is 57.1 Å². The lowest BCUT2D eigenvalue weighted by molar-refractivity contribution is -0.127. The predicted octanol–water partition coefficient (Wildman–Crippen LogP) is 6.91. The number of carbonyl (C=O) groups is 5. The van der Waals surface area contributed by atoms with E-state index >= 15 is 0 Å². The van der Waals surface area contributed by atoms with Crippen LogP contribution in [-0.2, 0) is 23.8 Å². The van der Waals surface area contributed by atoms with Crippen LogP contribution in [0.1, 0.15) is 79.9 Å². The highest BCUT2D eigenvalue weighted by molar-refractivity contribution is 6.13. The molecule has 57 heavy (non-hydrogen) atoms. The van der Waals surface area contributed by atoms with Crippen LogP contribution in [0, 0.1) is 5.92 Å². The van der Waals surface area contributed by atoms with Crippen molar-refractivity contribution in [1.82, 2.24) is 16.0 Å². The van der Waals surface area contributed by atoms with E-state index in [4.69, 9.17) is 33.2 Å². The van der Waals surface area contributed by atoms with Gasteiger partial charge in [0.25, 0.3) is 0 Å². The Kier molecular flexibility index (Phi) is 18.4. The first-order chi connectivity index (χ1) is 26.6. The van der Waals surface area contributed by atoms with E-state index in [1.165, 1.54) is 26.4 Å². The maximum Gasteiger partial charge on any atom is 0.407 e. The van der Waals surface area contributed by atoms with Crippen LogP contribution in [0.4, 0.5) is 14.4 Å². The molecule has 2 aromatic rings. The number of methoxy groups -OCH3 is 2. The highest BCUT2D eigenvalue weighted by atomic mass is 16.6. The molecule has 15 nitrogen and oxygen atoms in total.